The van der Waals surface area contributed by atoms with Crippen LogP contribution in [0.2, 0.25) is 0 Å². The zero-order valence-corrected chi connectivity index (χ0v) is 27.2. The van der Waals surface area contributed by atoms with Gasteiger partial charge in [0.05, 0.1) is 18.8 Å². The molecule has 9 nitrogen and oxygen atoms in total. The van der Waals surface area contributed by atoms with Crippen molar-refractivity contribution in [3.63, 3.8) is 0 Å². The number of hydrogen-bond donors (Lipinski definition) is 0. The Balaban J connectivity index is 0.00000401. The number of fused-ring (bicyclic) bond motifs is 6. The van der Waals surface area contributed by atoms with Gasteiger partial charge in [-0.1, -0.05) is 25.6 Å². The molecule has 2 saturated heterocycles. The van der Waals surface area contributed by atoms with Crippen molar-refractivity contribution in [3.8, 4) is 11.5 Å². The first-order valence-corrected chi connectivity index (χ1v) is 16.9. The molecule has 4 aliphatic heterocycles. The molecule has 254 valence electrons. The van der Waals surface area contributed by atoms with Crippen LogP contribution in [0.3, 0.4) is 0 Å². The number of ether oxygens (including phenoxy) is 4. The van der Waals surface area contributed by atoms with Gasteiger partial charge < -0.3 is 28.7 Å². The van der Waals surface area contributed by atoms with Gasteiger partial charge in [-0.3, -0.25) is 9.59 Å². The summed E-state index contributed by atoms with van der Waals surface area (Å²) in [6.45, 7) is 5.47. The molecular weight excluding hydrogens is 608 g/mol. The molecule has 0 aliphatic carbocycles. The molecule has 0 bridgehead atoms. The molecule has 48 heavy (non-hydrogen) atoms. The van der Waals surface area contributed by atoms with E-state index in [-0.39, 0.29) is 37.4 Å². The standard InChI is InChI=1S/C38H42N2O7.CH4/c1-25(41)44-21-17-27-9-5-7-19-39(27)29-13-15-33-35(23-29)46-36-24-30(40-20-8-6-10-28(40)18-22-45-26(2)42)14-16-34(36)38(33)32-12-4-3-11-31(32)37(43)47-38;/h3-4,11-16,23-24,27-28H,5-10,17-22H2,1-2H3;1H4. The van der Waals surface area contributed by atoms with Gasteiger partial charge in [-0.05, 0) is 68.9 Å². The number of carbonyl (C=O) groups excluding carboxylic acids is 3. The van der Waals surface area contributed by atoms with Gasteiger partial charge in [-0.15, -0.1) is 0 Å². The number of rotatable bonds is 8. The summed E-state index contributed by atoms with van der Waals surface area (Å²) in [5.41, 5.74) is 3.89. The van der Waals surface area contributed by atoms with Gasteiger partial charge in [-0.2, -0.15) is 0 Å². The average Bonchev–Trinajstić information content (AvgIpc) is 3.37. The predicted octanol–water partition coefficient (Wildman–Crippen LogP) is 7.51. The SMILES string of the molecule is C.CC(=O)OCCC1CCCCN1c1ccc2c(c1)Oc1cc(N3CCCCC3CCOC(C)=O)ccc1C21OC(=O)c2ccccc21. The Bertz CT molecular complexity index is 1600. The summed E-state index contributed by atoms with van der Waals surface area (Å²) in [4.78, 5) is 41.1. The van der Waals surface area contributed by atoms with Crippen molar-refractivity contribution in [2.24, 2.45) is 0 Å². The first-order chi connectivity index (χ1) is 22.8. The lowest BCUT2D eigenvalue weighted by molar-refractivity contribution is -0.142. The van der Waals surface area contributed by atoms with Crippen LogP contribution in [0.25, 0.3) is 0 Å². The van der Waals surface area contributed by atoms with E-state index in [1.165, 1.54) is 13.8 Å². The highest BCUT2D eigenvalue weighted by Crippen LogP contribution is 2.57. The Kier molecular flexibility index (Phi) is 9.67. The Morgan fingerprint density at radius 2 is 1.27 bits per heavy atom. The minimum absolute atomic E-state index is 0. The van der Waals surface area contributed by atoms with Crippen LogP contribution < -0.4 is 14.5 Å². The van der Waals surface area contributed by atoms with Gasteiger partial charge in [0.1, 0.15) is 11.5 Å². The maximum atomic E-state index is 13.4. The Morgan fingerprint density at radius 1 is 0.750 bits per heavy atom. The van der Waals surface area contributed by atoms with E-state index in [1.54, 1.807) is 0 Å². The van der Waals surface area contributed by atoms with Gasteiger partial charge in [0.2, 0.25) is 0 Å². The Labute approximate surface area is 283 Å². The number of hydrogen-bond acceptors (Lipinski definition) is 9. The zero-order chi connectivity index (χ0) is 32.5. The van der Waals surface area contributed by atoms with E-state index in [2.05, 4.69) is 34.1 Å². The van der Waals surface area contributed by atoms with Crippen LogP contribution in [0.4, 0.5) is 11.4 Å². The van der Waals surface area contributed by atoms with Gasteiger partial charge in [0, 0.05) is 92.1 Å². The van der Waals surface area contributed by atoms with Gasteiger partial charge >= 0.3 is 17.9 Å². The lowest BCUT2D eigenvalue weighted by Gasteiger charge is -2.41. The number of anilines is 2. The van der Waals surface area contributed by atoms with Crippen molar-refractivity contribution in [2.45, 2.75) is 90.3 Å². The molecule has 0 aromatic heterocycles. The summed E-state index contributed by atoms with van der Waals surface area (Å²) in [6.07, 6.45) is 7.99. The predicted molar refractivity (Wildman–Crippen MR) is 184 cm³/mol. The normalized spacial score (nSPS) is 22.4. The Hall–Kier alpha value is -4.53. The second-order valence-electron chi connectivity index (χ2n) is 13.0. The quantitative estimate of drug-likeness (QED) is 0.181. The lowest BCUT2D eigenvalue weighted by atomic mass is 9.77. The number of carbonyl (C=O) groups is 3. The molecule has 3 aromatic carbocycles. The first-order valence-electron chi connectivity index (χ1n) is 16.9. The van der Waals surface area contributed by atoms with Crippen molar-refractivity contribution >= 4 is 29.3 Å². The number of esters is 3. The Morgan fingerprint density at radius 3 is 1.79 bits per heavy atom. The molecule has 9 heteroatoms. The third kappa shape index (κ3) is 6.11. The summed E-state index contributed by atoms with van der Waals surface area (Å²) in [6, 6.07) is 20.6. The number of nitrogens with zero attached hydrogens (tertiary/aromatic N) is 2. The third-order valence-corrected chi connectivity index (χ3v) is 10.1. The molecule has 3 aromatic rings. The maximum Gasteiger partial charge on any atom is 0.340 e. The second kappa shape index (κ2) is 13.9. The molecule has 0 N–H and O–H groups in total. The molecule has 2 unspecified atom stereocenters. The van der Waals surface area contributed by atoms with Crippen LogP contribution in [0.5, 0.6) is 11.5 Å². The molecular formula is C39H46N2O7. The summed E-state index contributed by atoms with van der Waals surface area (Å²) in [5.74, 6) is 0.446. The highest BCUT2D eigenvalue weighted by molar-refractivity contribution is 5.97. The topological polar surface area (TPSA) is 94.6 Å². The molecule has 4 heterocycles. The van der Waals surface area contributed by atoms with Crippen LogP contribution in [0.1, 0.15) is 99.7 Å². The van der Waals surface area contributed by atoms with Gasteiger partial charge in [-0.25, -0.2) is 4.79 Å². The molecule has 1 spiro atoms. The van der Waals surface area contributed by atoms with Crippen LogP contribution >= 0.6 is 0 Å². The fourth-order valence-electron chi connectivity index (χ4n) is 7.97. The van der Waals surface area contributed by atoms with Crippen LogP contribution in [-0.4, -0.2) is 56.3 Å². The number of piperidine rings is 2. The summed E-state index contributed by atoms with van der Waals surface area (Å²) in [5, 5.41) is 0. The van der Waals surface area contributed by atoms with E-state index in [0.29, 0.717) is 30.3 Å². The lowest BCUT2D eigenvalue weighted by Crippen LogP contribution is -2.41. The van der Waals surface area contributed by atoms with Crippen LogP contribution in [-0.2, 0) is 29.4 Å². The number of benzene rings is 3. The zero-order valence-electron chi connectivity index (χ0n) is 27.2. The molecule has 2 atom stereocenters. The summed E-state index contributed by atoms with van der Waals surface area (Å²) < 4.78 is 23.8. The highest BCUT2D eigenvalue weighted by Gasteiger charge is 2.53. The molecule has 0 radical (unpaired) electrons. The van der Waals surface area contributed by atoms with Crippen LogP contribution in [0, 0.1) is 0 Å². The van der Waals surface area contributed by atoms with Gasteiger partial charge in [0.15, 0.2) is 5.60 Å². The molecule has 4 aliphatic rings. The second-order valence-corrected chi connectivity index (χ2v) is 13.0. The minimum atomic E-state index is -1.14. The van der Waals surface area contributed by atoms with E-state index in [9.17, 15) is 14.4 Å². The fourth-order valence-corrected chi connectivity index (χ4v) is 7.97. The van der Waals surface area contributed by atoms with E-state index in [1.807, 2.05) is 36.4 Å². The third-order valence-electron chi connectivity index (χ3n) is 10.1. The molecule has 0 saturated carbocycles. The highest BCUT2D eigenvalue weighted by atomic mass is 16.6. The van der Waals surface area contributed by atoms with Gasteiger partial charge in [0.25, 0.3) is 0 Å². The average molecular weight is 655 g/mol. The maximum absolute atomic E-state index is 13.4. The van der Waals surface area contributed by atoms with Crippen molar-refractivity contribution in [2.75, 3.05) is 36.1 Å². The van der Waals surface area contributed by atoms with Crippen molar-refractivity contribution in [1.82, 2.24) is 0 Å². The molecule has 2 fully saturated rings. The van der Waals surface area contributed by atoms with E-state index in [4.69, 9.17) is 18.9 Å². The fraction of sp³-hybridized carbons (Fsp3) is 0.462. The van der Waals surface area contributed by atoms with Crippen molar-refractivity contribution in [3.05, 3.63) is 82.9 Å². The van der Waals surface area contributed by atoms with Crippen molar-refractivity contribution in [1.29, 1.82) is 0 Å². The van der Waals surface area contributed by atoms with E-state index < -0.39 is 5.60 Å². The first kappa shape index (κ1) is 33.4. The van der Waals surface area contributed by atoms with E-state index in [0.717, 1.165) is 92.5 Å². The molecule has 7 rings (SSSR count). The summed E-state index contributed by atoms with van der Waals surface area (Å²) >= 11 is 0. The minimum Gasteiger partial charge on any atom is -0.466 e. The molecule has 0 amide bonds. The smallest absolute Gasteiger partial charge is 0.340 e. The van der Waals surface area contributed by atoms with E-state index >= 15 is 0 Å². The largest absolute Gasteiger partial charge is 0.466 e. The van der Waals surface area contributed by atoms with Crippen LogP contribution in [0.15, 0.2) is 60.7 Å². The summed E-state index contributed by atoms with van der Waals surface area (Å²) in [7, 11) is 0. The monoisotopic (exact) mass is 654 g/mol. The van der Waals surface area contributed by atoms with Crippen molar-refractivity contribution < 1.29 is 33.3 Å².